The van der Waals surface area contributed by atoms with Gasteiger partial charge in [0.15, 0.2) is 0 Å². The third kappa shape index (κ3) is 1.26. The van der Waals surface area contributed by atoms with Gasteiger partial charge in [0, 0.05) is 5.92 Å². The van der Waals surface area contributed by atoms with E-state index in [1.165, 1.54) is 12.8 Å². The normalized spacial score (nSPS) is 50.9. The number of rotatable bonds is 0. The Kier molecular flexibility index (Phi) is 1.80. The largest absolute Gasteiger partial charge is 0.0990 e. The van der Waals surface area contributed by atoms with Crippen molar-refractivity contribution in [2.24, 2.45) is 35.0 Å². The van der Waals surface area contributed by atoms with Crippen LogP contribution in [0.3, 0.4) is 0 Å². The summed E-state index contributed by atoms with van der Waals surface area (Å²) in [5.41, 5.74) is 2.10. The van der Waals surface area contributed by atoms with E-state index in [0.717, 1.165) is 23.7 Å². The molecule has 0 aliphatic heterocycles. The maximum Gasteiger partial charge on any atom is 0.00110 e. The lowest BCUT2D eigenvalue weighted by Gasteiger charge is -2.30. The van der Waals surface area contributed by atoms with E-state index < -0.39 is 0 Å². The Bertz CT molecular complexity index is 334. The molecule has 0 bridgehead atoms. The Morgan fingerprint density at radius 3 is 2.80 bits per heavy atom. The molecule has 0 amide bonds. The van der Waals surface area contributed by atoms with Crippen LogP contribution in [0.15, 0.2) is 24.3 Å². The summed E-state index contributed by atoms with van der Waals surface area (Å²) in [6.45, 7) is 11.7. The Labute approximate surface area is 93.5 Å². The average Bonchev–Trinajstić information content (AvgIpc) is 2.89. The predicted octanol–water partition coefficient (Wildman–Crippen LogP) is 4.05. The molecule has 0 spiro atoms. The highest BCUT2D eigenvalue weighted by Crippen LogP contribution is 2.63. The lowest BCUT2D eigenvalue weighted by molar-refractivity contribution is 0.204. The number of hydrogen-bond acceptors (Lipinski definition) is 0. The van der Waals surface area contributed by atoms with Crippen LogP contribution in [-0.4, -0.2) is 0 Å². The van der Waals surface area contributed by atoms with Crippen LogP contribution in [0.5, 0.6) is 0 Å². The summed E-state index contributed by atoms with van der Waals surface area (Å²) in [4.78, 5) is 0. The van der Waals surface area contributed by atoms with Gasteiger partial charge >= 0.3 is 0 Å². The summed E-state index contributed by atoms with van der Waals surface area (Å²) in [7, 11) is 0. The zero-order valence-corrected chi connectivity index (χ0v) is 10.2. The van der Waals surface area contributed by atoms with Crippen LogP contribution in [0.4, 0.5) is 0 Å². The third-order valence-corrected chi connectivity index (χ3v) is 5.22. The van der Waals surface area contributed by atoms with Gasteiger partial charge in [-0.1, -0.05) is 45.1 Å². The molecule has 1 unspecified atom stereocenters. The first-order valence-electron chi connectivity index (χ1n) is 6.38. The Balaban J connectivity index is 1.96. The summed E-state index contributed by atoms with van der Waals surface area (Å²) >= 11 is 0. The first kappa shape index (κ1) is 9.69. The lowest BCUT2D eigenvalue weighted by Crippen LogP contribution is -2.23. The molecule has 82 valence electrons. The van der Waals surface area contributed by atoms with E-state index in [1.54, 1.807) is 5.57 Å². The van der Waals surface area contributed by atoms with Crippen LogP contribution in [0.25, 0.3) is 0 Å². The molecule has 3 aliphatic rings. The standard InChI is InChI=1S/C15H22/c1-9-5-6-11-10(2)12-7-14(12)15(3,4)8-13(9)11/h5-6,9,11-14H,2,7-8H2,1,3-4H3/t9?,11-,12-,13+,14-/m1/s1. The van der Waals surface area contributed by atoms with E-state index in [1.807, 2.05) is 0 Å². The van der Waals surface area contributed by atoms with E-state index in [2.05, 4.69) is 39.5 Å². The number of fused-ring (bicyclic) bond motifs is 2. The van der Waals surface area contributed by atoms with E-state index in [9.17, 15) is 0 Å². The number of hydrogen-bond donors (Lipinski definition) is 0. The van der Waals surface area contributed by atoms with Gasteiger partial charge in [-0.3, -0.25) is 0 Å². The minimum atomic E-state index is 0.549. The first-order chi connectivity index (χ1) is 7.00. The highest BCUT2D eigenvalue weighted by Gasteiger charge is 2.55. The van der Waals surface area contributed by atoms with Crippen molar-refractivity contribution in [1.82, 2.24) is 0 Å². The molecule has 2 fully saturated rings. The molecule has 3 aliphatic carbocycles. The van der Waals surface area contributed by atoms with Gasteiger partial charge in [-0.15, -0.1) is 0 Å². The van der Waals surface area contributed by atoms with Crippen molar-refractivity contribution >= 4 is 0 Å². The molecule has 0 N–H and O–H groups in total. The van der Waals surface area contributed by atoms with Crippen molar-refractivity contribution < 1.29 is 0 Å². The van der Waals surface area contributed by atoms with Gasteiger partial charge in [-0.05, 0) is 41.9 Å². The van der Waals surface area contributed by atoms with Crippen molar-refractivity contribution in [2.75, 3.05) is 0 Å². The summed E-state index contributed by atoms with van der Waals surface area (Å²) in [5, 5.41) is 0. The number of allylic oxidation sites excluding steroid dienone is 3. The maximum absolute atomic E-state index is 4.39. The van der Waals surface area contributed by atoms with Gasteiger partial charge in [0.25, 0.3) is 0 Å². The van der Waals surface area contributed by atoms with Crippen molar-refractivity contribution in [2.45, 2.75) is 33.6 Å². The smallest absolute Gasteiger partial charge is 0.00110 e. The quantitative estimate of drug-likeness (QED) is 0.520. The highest BCUT2D eigenvalue weighted by atomic mass is 14.6. The van der Waals surface area contributed by atoms with Gasteiger partial charge in [0.1, 0.15) is 0 Å². The fourth-order valence-electron chi connectivity index (χ4n) is 4.09. The molecule has 0 aromatic carbocycles. The van der Waals surface area contributed by atoms with Gasteiger partial charge in [-0.25, -0.2) is 0 Å². The minimum absolute atomic E-state index is 0.549. The van der Waals surface area contributed by atoms with Gasteiger partial charge < -0.3 is 0 Å². The van der Waals surface area contributed by atoms with Crippen molar-refractivity contribution in [3.05, 3.63) is 24.3 Å². The van der Waals surface area contributed by atoms with Crippen molar-refractivity contribution in [3.63, 3.8) is 0 Å². The molecule has 0 nitrogen and oxygen atoms in total. The van der Waals surface area contributed by atoms with E-state index in [4.69, 9.17) is 0 Å². The van der Waals surface area contributed by atoms with Gasteiger partial charge in [0.05, 0.1) is 0 Å². The van der Waals surface area contributed by atoms with E-state index in [0.29, 0.717) is 11.3 Å². The average molecular weight is 202 g/mol. The molecule has 2 saturated carbocycles. The molecule has 0 aromatic rings. The third-order valence-electron chi connectivity index (χ3n) is 5.22. The summed E-state index contributed by atoms with van der Waals surface area (Å²) in [6, 6.07) is 0. The SMILES string of the molecule is C=C1[C@H]2C=CC(C)[C@@H]2CC(C)(C)[C@@H]2C[C@H]12. The van der Waals surface area contributed by atoms with Gasteiger partial charge in [0.2, 0.25) is 0 Å². The van der Waals surface area contributed by atoms with Crippen molar-refractivity contribution in [3.8, 4) is 0 Å². The zero-order valence-electron chi connectivity index (χ0n) is 10.2. The van der Waals surface area contributed by atoms with E-state index in [-0.39, 0.29) is 0 Å². The Morgan fingerprint density at radius 1 is 1.33 bits per heavy atom. The second-order valence-corrected chi connectivity index (χ2v) is 6.65. The minimum Gasteiger partial charge on any atom is -0.0990 e. The Hall–Kier alpha value is -0.520. The zero-order chi connectivity index (χ0) is 10.8. The molecule has 0 saturated heterocycles. The molecular weight excluding hydrogens is 180 g/mol. The molecular formula is C15H22. The van der Waals surface area contributed by atoms with Crippen molar-refractivity contribution in [1.29, 1.82) is 0 Å². The molecule has 0 radical (unpaired) electrons. The van der Waals surface area contributed by atoms with Crippen LogP contribution < -0.4 is 0 Å². The van der Waals surface area contributed by atoms with Crippen LogP contribution in [0.2, 0.25) is 0 Å². The molecule has 0 aromatic heterocycles. The van der Waals surface area contributed by atoms with Gasteiger partial charge in [-0.2, -0.15) is 0 Å². The second-order valence-electron chi connectivity index (χ2n) is 6.65. The van der Waals surface area contributed by atoms with Crippen LogP contribution in [-0.2, 0) is 0 Å². The maximum atomic E-state index is 4.39. The van der Waals surface area contributed by atoms with Crippen LogP contribution >= 0.6 is 0 Å². The van der Waals surface area contributed by atoms with Crippen LogP contribution in [0, 0.1) is 35.0 Å². The van der Waals surface area contributed by atoms with E-state index >= 15 is 0 Å². The Morgan fingerprint density at radius 2 is 2.07 bits per heavy atom. The predicted molar refractivity (Wildman–Crippen MR) is 64.4 cm³/mol. The summed E-state index contributed by atoms with van der Waals surface area (Å²) in [6.07, 6.45) is 7.66. The molecule has 15 heavy (non-hydrogen) atoms. The highest BCUT2D eigenvalue weighted by molar-refractivity contribution is 5.28. The fraction of sp³-hybridized carbons (Fsp3) is 0.733. The second kappa shape index (κ2) is 2.78. The summed E-state index contributed by atoms with van der Waals surface area (Å²) < 4.78 is 0. The molecule has 0 heterocycles. The topological polar surface area (TPSA) is 0 Å². The monoisotopic (exact) mass is 202 g/mol. The summed E-state index contributed by atoms with van der Waals surface area (Å²) in [5.74, 6) is 4.11. The molecule has 5 atom stereocenters. The molecule has 0 heteroatoms. The lowest BCUT2D eigenvalue weighted by atomic mass is 9.74. The fourth-order valence-corrected chi connectivity index (χ4v) is 4.09. The van der Waals surface area contributed by atoms with Crippen LogP contribution in [0.1, 0.15) is 33.6 Å². The first-order valence-corrected chi connectivity index (χ1v) is 6.38. The molecule has 3 rings (SSSR count).